The zero-order valence-corrected chi connectivity index (χ0v) is 12.1. The molecule has 0 saturated heterocycles. The number of benzene rings is 1. The summed E-state index contributed by atoms with van der Waals surface area (Å²) < 4.78 is 0. The van der Waals surface area contributed by atoms with E-state index in [-0.39, 0.29) is 11.3 Å². The molecule has 4 heteroatoms. The Morgan fingerprint density at radius 2 is 1.81 bits per heavy atom. The first-order valence-corrected chi connectivity index (χ1v) is 7.12. The summed E-state index contributed by atoms with van der Waals surface area (Å²) in [5, 5.41) is 0. The van der Waals surface area contributed by atoms with Crippen LogP contribution in [0.4, 0.5) is 5.69 Å². The Hall–Kier alpha value is -2.36. The second-order valence-electron chi connectivity index (χ2n) is 5.72. The predicted molar refractivity (Wildman–Crippen MR) is 82.5 cm³/mol. The Kier molecular flexibility index (Phi) is 3.37. The SMILES string of the molecule is CN(Cc1ccncc1)C(=O)C1(c2ccc(N)cc2)CC1. The zero-order chi connectivity index (χ0) is 14.9. The third kappa shape index (κ3) is 2.61. The summed E-state index contributed by atoms with van der Waals surface area (Å²) in [6, 6.07) is 11.6. The van der Waals surface area contributed by atoms with E-state index in [0.29, 0.717) is 6.54 Å². The molecule has 21 heavy (non-hydrogen) atoms. The van der Waals surface area contributed by atoms with Gasteiger partial charge in [0.05, 0.1) is 5.41 Å². The fourth-order valence-electron chi connectivity index (χ4n) is 2.75. The molecule has 1 aliphatic rings. The van der Waals surface area contributed by atoms with E-state index in [9.17, 15) is 4.79 Å². The molecule has 0 unspecified atom stereocenters. The number of anilines is 1. The summed E-state index contributed by atoms with van der Waals surface area (Å²) in [4.78, 5) is 18.6. The number of amides is 1. The number of likely N-dealkylation sites (N-methyl/N-ethyl adjacent to an activating group) is 1. The highest BCUT2D eigenvalue weighted by atomic mass is 16.2. The van der Waals surface area contributed by atoms with Crippen molar-refractivity contribution in [3.05, 3.63) is 59.9 Å². The topological polar surface area (TPSA) is 59.2 Å². The number of nitrogen functional groups attached to an aromatic ring is 1. The molecule has 4 nitrogen and oxygen atoms in total. The van der Waals surface area contributed by atoms with Crippen molar-refractivity contribution in [2.24, 2.45) is 0 Å². The van der Waals surface area contributed by atoms with E-state index in [1.807, 2.05) is 43.4 Å². The normalized spacial score (nSPS) is 15.5. The van der Waals surface area contributed by atoms with Crippen LogP contribution in [-0.4, -0.2) is 22.8 Å². The third-order valence-electron chi connectivity index (χ3n) is 4.14. The van der Waals surface area contributed by atoms with Crippen LogP contribution in [0.2, 0.25) is 0 Å². The fourth-order valence-corrected chi connectivity index (χ4v) is 2.75. The maximum Gasteiger partial charge on any atom is 0.233 e. The van der Waals surface area contributed by atoms with Crippen molar-refractivity contribution in [1.29, 1.82) is 0 Å². The van der Waals surface area contributed by atoms with Crippen LogP contribution in [0.15, 0.2) is 48.8 Å². The smallest absolute Gasteiger partial charge is 0.233 e. The minimum atomic E-state index is -0.338. The van der Waals surface area contributed by atoms with Crippen LogP contribution in [-0.2, 0) is 16.8 Å². The van der Waals surface area contributed by atoms with Gasteiger partial charge in [-0.05, 0) is 48.2 Å². The minimum absolute atomic E-state index is 0.184. The molecule has 2 N–H and O–H groups in total. The molecule has 1 aromatic carbocycles. The fraction of sp³-hybridized carbons (Fsp3) is 0.294. The van der Waals surface area contributed by atoms with Gasteiger partial charge in [0.25, 0.3) is 0 Å². The lowest BCUT2D eigenvalue weighted by atomic mass is 9.94. The summed E-state index contributed by atoms with van der Waals surface area (Å²) in [7, 11) is 1.86. The van der Waals surface area contributed by atoms with Crippen LogP contribution in [0.1, 0.15) is 24.0 Å². The van der Waals surface area contributed by atoms with Crippen LogP contribution in [0, 0.1) is 0 Å². The largest absolute Gasteiger partial charge is 0.399 e. The molecule has 2 aromatic rings. The number of carbonyl (C=O) groups is 1. The van der Waals surface area contributed by atoms with Crippen molar-refractivity contribution in [2.75, 3.05) is 12.8 Å². The van der Waals surface area contributed by atoms with Crippen molar-refractivity contribution in [3.63, 3.8) is 0 Å². The van der Waals surface area contributed by atoms with Crippen molar-refractivity contribution in [1.82, 2.24) is 9.88 Å². The summed E-state index contributed by atoms with van der Waals surface area (Å²) in [6.07, 6.45) is 5.33. The molecule has 0 atom stereocenters. The number of hydrogen-bond donors (Lipinski definition) is 1. The first-order valence-electron chi connectivity index (χ1n) is 7.12. The Morgan fingerprint density at radius 1 is 1.19 bits per heavy atom. The maximum absolute atomic E-state index is 12.8. The van der Waals surface area contributed by atoms with E-state index in [4.69, 9.17) is 5.73 Å². The second kappa shape index (κ2) is 5.20. The van der Waals surface area contributed by atoms with Gasteiger partial charge >= 0.3 is 0 Å². The molecule has 1 aromatic heterocycles. The molecule has 0 aliphatic heterocycles. The average molecular weight is 281 g/mol. The van der Waals surface area contributed by atoms with Crippen molar-refractivity contribution >= 4 is 11.6 Å². The van der Waals surface area contributed by atoms with E-state index in [0.717, 1.165) is 29.7 Å². The first kappa shape index (κ1) is 13.6. The van der Waals surface area contributed by atoms with E-state index >= 15 is 0 Å². The summed E-state index contributed by atoms with van der Waals surface area (Å²) in [5.74, 6) is 0.184. The van der Waals surface area contributed by atoms with Crippen LogP contribution in [0.25, 0.3) is 0 Å². The van der Waals surface area contributed by atoms with Gasteiger partial charge in [0.1, 0.15) is 0 Å². The van der Waals surface area contributed by atoms with E-state index < -0.39 is 0 Å². The van der Waals surface area contributed by atoms with Crippen LogP contribution < -0.4 is 5.73 Å². The quantitative estimate of drug-likeness (QED) is 0.875. The van der Waals surface area contributed by atoms with E-state index in [1.54, 1.807) is 17.3 Å². The summed E-state index contributed by atoms with van der Waals surface area (Å²) >= 11 is 0. The van der Waals surface area contributed by atoms with E-state index in [1.165, 1.54) is 0 Å². The lowest BCUT2D eigenvalue weighted by Crippen LogP contribution is -2.36. The molecule has 0 spiro atoms. The molecule has 1 aliphatic carbocycles. The van der Waals surface area contributed by atoms with Crippen molar-refractivity contribution < 1.29 is 4.79 Å². The molecule has 0 radical (unpaired) electrons. The standard InChI is InChI=1S/C17H19N3O/c1-20(12-13-6-10-19-11-7-13)16(21)17(8-9-17)14-2-4-15(18)5-3-14/h2-7,10-11H,8-9,12,18H2,1H3. The Morgan fingerprint density at radius 3 is 2.38 bits per heavy atom. The van der Waals surface area contributed by atoms with Crippen LogP contribution in [0.5, 0.6) is 0 Å². The van der Waals surface area contributed by atoms with Gasteiger partial charge in [0, 0.05) is 31.7 Å². The van der Waals surface area contributed by atoms with Gasteiger partial charge < -0.3 is 10.6 Å². The van der Waals surface area contributed by atoms with Gasteiger partial charge in [-0.15, -0.1) is 0 Å². The summed E-state index contributed by atoms with van der Waals surface area (Å²) in [5.41, 5.74) is 8.28. The molecule has 1 amide bonds. The number of nitrogens with zero attached hydrogens (tertiary/aromatic N) is 2. The Labute approximate surface area is 124 Å². The molecule has 1 heterocycles. The van der Waals surface area contributed by atoms with Crippen LogP contribution >= 0.6 is 0 Å². The molecular weight excluding hydrogens is 262 g/mol. The molecule has 108 valence electrons. The summed E-state index contributed by atoms with van der Waals surface area (Å²) in [6.45, 7) is 0.609. The number of nitrogens with two attached hydrogens (primary N) is 1. The number of rotatable bonds is 4. The molecule has 0 bridgehead atoms. The van der Waals surface area contributed by atoms with Gasteiger partial charge in [-0.2, -0.15) is 0 Å². The number of aromatic nitrogens is 1. The predicted octanol–water partition coefficient (Wildman–Crippen LogP) is 2.35. The Balaban J connectivity index is 1.76. The van der Waals surface area contributed by atoms with Gasteiger partial charge in [0.2, 0.25) is 5.91 Å². The lowest BCUT2D eigenvalue weighted by Gasteiger charge is -2.24. The first-order chi connectivity index (χ1) is 10.1. The number of hydrogen-bond acceptors (Lipinski definition) is 3. The maximum atomic E-state index is 12.8. The third-order valence-corrected chi connectivity index (χ3v) is 4.14. The van der Waals surface area contributed by atoms with Gasteiger partial charge in [-0.1, -0.05) is 12.1 Å². The number of pyridine rings is 1. The van der Waals surface area contributed by atoms with Gasteiger partial charge in [-0.25, -0.2) is 0 Å². The minimum Gasteiger partial charge on any atom is -0.399 e. The highest BCUT2D eigenvalue weighted by Gasteiger charge is 2.52. The molecular formula is C17H19N3O. The van der Waals surface area contributed by atoms with Crippen molar-refractivity contribution in [2.45, 2.75) is 24.8 Å². The molecule has 3 rings (SSSR count). The Bertz CT molecular complexity index is 633. The van der Waals surface area contributed by atoms with Gasteiger partial charge in [0.15, 0.2) is 0 Å². The van der Waals surface area contributed by atoms with Crippen molar-refractivity contribution in [3.8, 4) is 0 Å². The molecule has 1 fully saturated rings. The van der Waals surface area contributed by atoms with E-state index in [2.05, 4.69) is 4.98 Å². The molecule has 1 saturated carbocycles. The highest BCUT2D eigenvalue weighted by molar-refractivity contribution is 5.91. The monoisotopic (exact) mass is 281 g/mol. The van der Waals surface area contributed by atoms with Crippen LogP contribution in [0.3, 0.4) is 0 Å². The lowest BCUT2D eigenvalue weighted by molar-refractivity contribution is -0.133. The number of carbonyl (C=O) groups excluding carboxylic acids is 1. The second-order valence-corrected chi connectivity index (χ2v) is 5.72. The van der Waals surface area contributed by atoms with Gasteiger partial charge in [-0.3, -0.25) is 9.78 Å². The highest BCUT2D eigenvalue weighted by Crippen LogP contribution is 2.49. The zero-order valence-electron chi connectivity index (χ0n) is 12.1. The average Bonchev–Trinajstić information content (AvgIpc) is 3.30.